The maximum Gasteiger partial charge on any atom is 0.302 e. The van der Waals surface area contributed by atoms with Gasteiger partial charge >= 0.3 is 5.97 Å². The van der Waals surface area contributed by atoms with Crippen molar-refractivity contribution >= 4 is 5.97 Å². The molecule has 6 aromatic rings. The van der Waals surface area contributed by atoms with Crippen LogP contribution < -0.4 is 0 Å². The average Bonchev–Trinajstić information content (AvgIpc) is 3.38. The molecular weight excluding hydrogens is 865 g/mol. The average molecular weight is 925 g/mol. The Kier molecular flexibility index (Phi) is 18.4. The predicted octanol–water partition coefficient (Wildman–Crippen LogP) is 8.52. The number of aliphatic hydroxyl groups is 1. The first-order chi connectivity index (χ1) is 33.5. The summed E-state index contributed by atoms with van der Waals surface area (Å²) >= 11 is 0. The molecule has 8 rings (SSSR count). The second-order valence-corrected chi connectivity index (χ2v) is 16.8. The smallest absolute Gasteiger partial charge is 0.302 e. The van der Waals surface area contributed by atoms with Crippen molar-refractivity contribution in [1.29, 1.82) is 0 Å². The molecule has 0 aliphatic carbocycles. The molecule has 356 valence electrons. The van der Waals surface area contributed by atoms with E-state index in [1.54, 1.807) is 0 Å². The number of carbonyl (C=O) groups excluding carboxylic acids is 1. The topological polar surface area (TPSA) is 130 Å². The van der Waals surface area contributed by atoms with Crippen LogP contribution in [0.3, 0.4) is 0 Å². The van der Waals surface area contributed by atoms with Gasteiger partial charge in [-0.2, -0.15) is 0 Å². The van der Waals surface area contributed by atoms with Gasteiger partial charge in [0.2, 0.25) is 0 Å². The Morgan fingerprint density at radius 1 is 0.382 bits per heavy atom. The van der Waals surface area contributed by atoms with Crippen LogP contribution in [-0.2, 0) is 91.8 Å². The van der Waals surface area contributed by atoms with Gasteiger partial charge in [-0.25, -0.2) is 0 Å². The van der Waals surface area contributed by atoms with E-state index in [-0.39, 0.29) is 52.9 Å². The number of hydrogen-bond donors (Lipinski definition) is 1. The molecule has 0 unspecified atom stereocenters. The molecule has 12 heteroatoms. The molecule has 0 saturated carbocycles. The van der Waals surface area contributed by atoms with Gasteiger partial charge < -0.3 is 52.5 Å². The number of esters is 1. The summed E-state index contributed by atoms with van der Waals surface area (Å²) in [7, 11) is 0. The van der Waals surface area contributed by atoms with Crippen LogP contribution in [0.4, 0.5) is 0 Å². The molecule has 2 aliphatic rings. The summed E-state index contributed by atoms with van der Waals surface area (Å²) in [6.07, 6.45) is -9.40. The molecule has 0 aromatic heterocycles. The molecule has 2 saturated heterocycles. The summed E-state index contributed by atoms with van der Waals surface area (Å²) in [6.45, 7) is 2.30. The van der Waals surface area contributed by atoms with Crippen LogP contribution in [0.25, 0.3) is 0 Å². The predicted molar refractivity (Wildman–Crippen MR) is 252 cm³/mol. The number of rotatable bonds is 23. The van der Waals surface area contributed by atoms with Gasteiger partial charge in [0.25, 0.3) is 0 Å². The fourth-order valence-corrected chi connectivity index (χ4v) is 8.30. The molecular formula is C56H60O12. The van der Waals surface area contributed by atoms with Crippen LogP contribution >= 0.6 is 0 Å². The zero-order chi connectivity index (χ0) is 46.8. The standard InChI is InChI=1S/C56H60O12/c1-40(57)59-38-48-50(61-33-42-22-10-3-11-23-42)52(63-35-44-26-14-5-15-27-44)54(65-37-46-30-18-7-19-31-46)56(68-48)66-39-47-49(60-32-41-20-8-2-9-21-41)51(62-34-43-24-12-4-13-25-43)53(55(58)67-47)64-36-45-28-16-6-17-29-45/h2-31,47-56,58H,32-39H2,1H3/t47-,48-,49-,50-,51+,52+,53-,54-,55+,56+/m1/s1. The van der Waals surface area contributed by atoms with E-state index >= 15 is 0 Å². The minimum atomic E-state index is -1.43. The largest absolute Gasteiger partial charge is 0.463 e. The van der Waals surface area contributed by atoms with Crippen LogP contribution in [0, 0.1) is 0 Å². The highest BCUT2D eigenvalue weighted by atomic mass is 16.7. The van der Waals surface area contributed by atoms with Crippen molar-refractivity contribution < 1.29 is 57.3 Å². The Bertz CT molecular complexity index is 2330. The highest BCUT2D eigenvalue weighted by molar-refractivity contribution is 5.65. The number of hydrogen-bond acceptors (Lipinski definition) is 12. The number of aliphatic hydroxyl groups excluding tert-OH is 1. The van der Waals surface area contributed by atoms with Gasteiger partial charge in [-0.15, -0.1) is 0 Å². The summed E-state index contributed by atoms with van der Waals surface area (Å²) in [5.74, 6) is -0.481. The van der Waals surface area contributed by atoms with E-state index in [1.807, 2.05) is 182 Å². The molecule has 0 amide bonds. The molecule has 2 heterocycles. The van der Waals surface area contributed by atoms with Crippen molar-refractivity contribution in [2.75, 3.05) is 13.2 Å². The molecule has 2 aliphatic heterocycles. The summed E-state index contributed by atoms with van der Waals surface area (Å²) in [5, 5.41) is 11.9. The third-order valence-electron chi connectivity index (χ3n) is 11.8. The highest BCUT2D eigenvalue weighted by Gasteiger charge is 2.52. The van der Waals surface area contributed by atoms with Crippen LogP contribution in [-0.4, -0.2) is 85.7 Å². The molecule has 2 fully saturated rings. The molecule has 0 spiro atoms. The monoisotopic (exact) mass is 924 g/mol. The molecule has 0 bridgehead atoms. The highest BCUT2D eigenvalue weighted by Crippen LogP contribution is 2.34. The number of carbonyl (C=O) groups is 1. The first-order valence-electron chi connectivity index (χ1n) is 23.1. The Morgan fingerprint density at radius 2 is 0.676 bits per heavy atom. The van der Waals surface area contributed by atoms with Crippen molar-refractivity contribution in [3.05, 3.63) is 215 Å². The second kappa shape index (κ2) is 25.7. The van der Waals surface area contributed by atoms with E-state index in [0.717, 1.165) is 33.4 Å². The molecule has 6 aromatic carbocycles. The molecule has 10 atom stereocenters. The summed E-state index contributed by atoms with van der Waals surface area (Å²) in [5.41, 5.74) is 5.58. The van der Waals surface area contributed by atoms with Gasteiger partial charge in [0, 0.05) is 6.92 Å². The number of benzene rings is 6. The van der Waals surface area contributed by atoms with Gasteiger partial charge in [-0.05, 0) is 33.4 Å². The Balaban J connectivity index is 1.11. The minimum Gasteiger partial charge on any atom is -0.463 e. The summed E-state index contributed by atoms with van der Waals surface area (Å²) in [4.78, 5) is 12.4. The molecule has 12 nitrogen and oxygen atoms in total. The fourth-order valence-electron chi connectivity index (χ4n) is 8.30. The maximum absolute atomic E-state index is 12.4. The van der Waals surface area contributed by atoms with E-state index in [9.17, 15) is 9.90 Å². The van der Waals surface area contributed by atoms with E-state index in [1.165, 1.54) is 6.92 Å². The lowest BCUT2D eigenvalue weighted by molar-refractivity contribution is -0.348. The van der Waals surface area contributed by atoms with Gasteiger partial charge in [-0.1, -0.05) is 182 Å². The Labute approximate surface area is 398 Å². The SMILES string of the molecule is CC(=O)OC[C@H]1O[C@H](OC[C@H]2O[C@H](O)[C@H](OCc3ccccc3)[C@@H](OCc3ccccc3)[C@@H]2OCc2ccccc2)[C@H](OCc2ccccc2)[C@@H](OCc2ccccc2)[C@@H]1OCc1ccccc1. The van der Waals surface area contributed by atoms with Crippen molar-refractivity contribution in [2.45, 2.75) is 108 Å². The molecule has 0 radical (unpaired) electrons. The Morgan fingerprint density at radius 3 is 1.03 bits per heavy atom. The van der Waals surface area contributed by atoms with Crippen molar-refractivity contribution in [3.8, 4) is 0 Å². The van der Waals surface area contributed by atoms with Crippen LogP contribution in [0.2, 0.25) is 0 Å². The van der Waals surface area contributed by atoms with Crippen LogP contribution in [0.15, 0.2) is 182 Å². The van der Waals surface area contributed by atoms with Crippen molar-refractivity contribution in [3.63, 3.8) is 0 Å². The summed E-state index contributed by atoms with van der Waals surface area (Å²) < 4.78 is 66.0. The normalized spacial score (nSPS) is 24.9. The Hall–Kier alpha value is -5.61. The number of ether oxygens (including phenoxy) is 10. The summed E-state index contributed by atoms with van der Waals surface area (Å²) in [6, 6.07) is 58.7. The van der Waals surface area contributed by atoms with Crippen LogP contribution in [0.1, 0.15) is 40.3 Å². The van der Waals surface area contributed by atoms with Gasteiger partial charge in [0.1, 0.15) is 55.4 Å². The third kappa shape index (κ3) is 14.2. The molecule has 1 N–H and O–H groups in total. The first-order valence-corrected chi connectivity index (χ1v) is 23.1. The van der Waals surface area contributed by atoms with Gasteiger partial charge in [-0.3, -0.25) is 4.79 Å². The second-order valence-electron chi connectivity index (χ2n) is 16.8. The first kappa shape index (κ1) is 48.8. The lowest BCUT2D eigenvalue weighted by Gasteiger charge is -2.47. The van der Waals surface area contributed by atoms with E-state index in [0.29, 0.717) is 0 Å². The maximum atomic E-state index is 12.4. The van der Waals surface area contributed by atoms with Crippen LogP contribution in [0.5, 0.6) is 0 Å². The molecule has 68 heavy (non-hydrogen) atoms. The van der Waals surface area contributed by atoms with Gasteiger partial charge in [0.05, 0.1) is 46.2 Å². The minimum absolute atomic E-state index is 0.149. The van der Waals surface area contributed by atoms with E-state index in [4.69, 9.17) is 47.4 Å². The van der Waals surface area contributed by atoms with Crippen molar-refractivity contribution in [1.82, 2.24) is 0 Å². The quantitative estimate of drug-likeness (QED) is 0.0619. The lowest BCUT2D eigenvalue weighted by Crippen LogP contribution is -2.63. The zero-order valence-corrected chi connectivity index (χ0v) is 38.2. The van der Waals surface area contributed by atoms with Crippen molar-refractivity contribution in [2.24, 2.45) is 0 Å². The lowest BCUT2D eigenvalue weighted by atomic mass is 9.97. The van der Waals surface area contributed by atoms with Gasteiger partial charge in [0.15, 0.2) is 12.6 Å². The fraction of sp³-hybridized carbons (Fsp3) is 0.339. The van der Waals surface area contributed by atoms with E-state index in [2.05, 4.69) is 0 Å². The van der Waals surface area contributed by atoms with E-state index < -0.39 is 67.4 Å². The third-order valence-corrected chi connectivity index (χ3v) is 11.8. The zero-order valence-electron chi connectivity index (χ0n) is 38.2.